The van der Waals surface area contributed by atoms with E-state index in [-0.39, 0.29) is 12.0 Å². The van der Waals surface area contributed by atoms with Crippen molar-refractivity contribution in [1.29, 1.82) is 0 Å². The van der Waals surface area contributed by atoms with Crippen LogP contribution >= 0.6 is 0 Å². The van der Waals surface area contributed by atoms with Crippen molar-refractivity contribution in [1.82, 2.24) is 4.90 Å². The summed E-state index contributed by atoms with van der Waals surface area (Å²) in [6.07, 6.45) is 3.34. The van der Waals surface area contributed by atoms with Gasteiger partial charge in [-0.3, -0.25) is 9.69 Å². The highest BCUT2D eigenvalue weighted by atomic mass is 16.3. The Morgan fingerprint density at radius 2 is 2.20 bits per heavy atom. The molecule has 0 bridgehead atoms. The smallest absolute Gasteiger partial charge is 0.225 e. The maximum Gasteiger partial charge on any atom is 0.225 e. The van der Waals surface area contributed by atoms with Crippen LogP contribution in [0.15, 0.2) is 30.3 Å². The Morgan fingerprint density at radius 3 is 2.90 bits per heavy atom. The summed E-state index contributed by atoms with van der Waals surface area (Å²) in [5.41, 5.74) is 0.847. The van der Waals surface area contributed by atoms with Crippen LogP contribution in [0.2, 0.25) is 0 Å². The molecule has 0 aliphatic carbocycles. The average molecular weight is 276 g/mol. The van der Waals surface area contributed by atoms with Crippen LogP contribution < -0.4 is 5.32 Å². The van der Waals surface area contributed by atoms with Crippen molar-refractivity contribution in [2.45, 2.75) is 44.8 Å². The first-order valence-corrected chi connectivity index (χ1v) is 7.42. The first-order chi connectivity index (χ1) is 9.65. The van der Waals surface area contributed by atoms with Crippen molar-refractivity contribution in [2.24, 2.45) is 0 Å². The van der Waals surface area contributed by atoms with Gasteiger partial charge in [0.1, 0.15) is 0 Å². The van der Waals surface area contributed by atoms with Crippen LogP contribution in [0.5, 0.6) is 0 Å². The normalized spacial score (nSPS) is 20.8. The van der Waals surface area contributed by atoms with Gasteiger partial charge in [-0.1, -0.05) is 18.2 Å². The van der Waals surface area contributed by atoms with Crippen LogP contribution in [0, 0.1) is 0 Å². The fourth-order valence-corrected chi connectivity index (χ4v) is 2.84. The molecular formula is C16H24N2O2. The quantitative estimate of drug-likeness (QED) is 0.838. The molecule has 110 valence electrons. The number of amides is 1. The van der Waals surface area contributed by atoms with Crippen LogP contribution in [0.1, 0.15) is 32.6 Å². The van der Waals surface area contributed by atoms with E-state index in [1.807, 2.05) is 37.3 Å². The van der Waals surface area contributed by atoms with E-state index in [1.54, 1.807) is 0 Å². The molecule has 1 saturated heterocycles. The minimum atomic E-state index is -0.265. The number of nitrogens with one attached hydrogen (secondary N) is 1. The minimum Gasteiger partial charge on any atom is -0.393 e. The molecule has 1 heterocycles. The van der Waals surface area contributed by atoms with Gasteiger partial charge in [-0.2, -0.15) is 0 Å². The number of hydrogen-bond acceptors (Lipinski definition) is 3. The van der Waals surface area contributed by atoms with E-state index in [4.69, 9.17) is 0 Å². The third-order valence-electron chi connectivity index (χ3n) is 3.80. The number of anilines is 1. The molecule has 4 nitrogen and oxygen atoms in total. The highest BCUT2D eigenvalue weighted by Gasteiger charge is 2.25. The SMILES string of the molecule is CC(O)CC1CCCN1CCC(=O)Nc1ccccc1. The molecule has 1 aliphatic rings. The Hall–Kier alpha value is -1.39. The zero-order chi connectivity index (χ0) is 14.4. The number of likely N-dealkylation sites (tertiary alicyclic amines) is 1. The molecule has 1 aromatic carbocycles. The molecule has 2 rings (SSSR count). The van der Waals surface area contributed by atoms with E-state index in [1.165, 1.54) is 0 Å². The van der Waals surface area contributed by atoms with Gasteiger partial charge in [-0.25, -0.2) is 0 Å². The highest BCUT2D eigenvalue weighted by Crippen LogP contribution is 2.21. The molecule has 1 fully saturated rings. The van der Waals surface area contributed by atoms with Crippen molar-refractivity contribution in [3.63, 3.8) is 0 Å². The predicted octanol–water partition coefficient (Wildman–Crippen LogP) is 2.25. The van der Waals surface area contributed by atoms with Gasteiger partial charge in [0.2, 0.25) is 5.91 Å². The van der Waals surface area contributed by atoms with Crippen LogP contribution in [-0.4, -0.2) is 41.1 Å². The molecule has 1 aromatic rings. The molecule has 1 amide bonds. The highest BCUT2D eigenvalue weighted by molar-refractivity contribution is 5.90. The largest absolute Gasteiger partial charge is 0.393 e. The molecule has 4 heteroatoms. The Bertz CT molecular complexity index is 420. The fourth-order valence-electron chi connectivity index (χ4n) is 2.84. The summed E-state index contributed by atoms with van der Waals surface area (Å²) in [5, 5.41) is 12.4. The zero-order valence-electron chi connectivity index (χ0n) is 12.1. The summed E-state index contributed by atoms with van der Waals surface area (Å²) in [7, 11) is 0. The molecule has 0 aromatic heterocycles. The Balaban J connectivity index is 1.75. The first-order valence-electron chi connectivity index (χ1n) is 7.42. The second-order valence-corrected chi connectivity index (χ2v) is 5.58. The van der Waals surface area contributed by atoms with E-state index >= 15 is 0 Å². The van der Waals surface area contributed by atoms with Crippen molar-refractivity contribution < 1.29 is 9.90 Å². The van der Waals surface area contributed by atoms with Crippen LogP contribution in [0.3, 0.4) is 0 Å². The number of carbonyl (C=O) groups excluding carboxylic acids is 1. The topological polar surface area (TPSA) is 52.6 Å². The maximum absolute atomic E-state index is 11.9. The number of aliphatic hydroxyl groups is 1. The zero-order valence-corrected chi connectivity index (χ0v) is 12.1. The summed E-state index contributed by atoms with van der Waals surface area (Å²) in [5.74, 6) is 0.0545. The molecule has 20 heavy (non-hydrogen) atoms. The lowest BCUT2D eigenvalue weighted by Gasteiger charge is -2.25. The molecule has 2 unspecified atom stereocenters. The van der Waals surface area contributed by atoms with Gasteiger partial charge in [0.05, 0.1) is 6.10 Å². The second kappa shape index (κ2) is 7.41. The van der Waals surface area contributed by atoms with Crippen molar-refractivity contribution >= 4 is 11.6 Å². The van der Waals surface area contributed by atoms with Gasteiger partial charge in [-0.15, -0.1) is 0 Å². The third-order valence-corrected chi connectivity index (χ3v) is 3.80. The van der Waals surface area contributed by atoms with E-state index in [0.717, 1.165) is 38.0 Å². The Kier molecular flexibility index (Phi) is 5.56. The molecule has 0 saturated carbocycles. The molecule has 1 aliphatic heterocycles. The lowest BCUT2D eigenvalue weighted by Crippen LogP contribution is -2.34. The monoisotopic (exact) mass is 276 g/mol. The van der Waals surface area contributed by atoms with Gasteiger partial charge in [-0.05, 0) is 44.9 Å². The molecule has 0 radical (unpaired) electrons. The summed E-state index contributed by atoms with van der Waals surface area (Å²) < 4.78 is 0. The minimum absolute atomic E-state index is 0.0545. The summed E-state index contributed by atoms with van der Waals surface area (Å²) in [4.78, 5) is 14.2. The number of nitrogens with zero attached hydrogens (tertiary/aromatic N) is 1. The molecule has 0 spiro atoms. The number of carbonyl (C=O) groups is 1. The van der Waals surface area contributed by atoms with E-state index in [9.17, 15) is 9.90 Å². The van der Waals surface area contributed by atoms with Crippen LogP contribution in [0.25, 0.3) is 0 Å². The first kappa shape index (κ1) is 15.0. The van der Waals surface area contributed by atoms with E-state index in [2.05, 4.69) is 10.2 Å². The lowest BCUT2D eigenvalue weighted by molar-refractivity contribution is -0.116. The number of hydrogen-bond donors (Lipinski definition) is 2. The summed E-state index contributed by atoms with van der Waals surface area (Å²) >= 11 is 0. The second-order valence-electron chi connectivity index (χ2n) is 5.58. The van der Waals surface area contributed by atoms with Crippen LogP contribution in [0.4, 0.5) is 5.69 Å². The van der Waals surface area contributed by atoms with E-state index in [0.29, 0.717) is 12.5 Å². The van der Waals surface area contributed by atoms with Gasteiger partial charge in [0, 0.05) is 24.7 Å². The fraction of sp³-hybridized carbons (Fsp3) is 0.562. The number of benzene rings is 1. The maximum atomic E-state index is 11.9. The molecule has 2 atom stereocenters. The lowest BCUT2D eigenvalue weighted by atomic mass is 10.1. The molecular weight excluding hydrogens is 252 g/mol. The van der Waals surface area contributed by atoms with Crippen LogP contribution in [-0.2, 0) is 4.79 Å². The van der Waals surface area contributed by atoms with E-state index < -0.39 is 0 Å². The number of aliphatic hydroxyl groups excluding tert-OH is 1. The van der Waals surface area contributed by atoms with Gasteiger partial charge in [0.25, 0.3) is 0 Å². The van der Waals surface area contributed by atoms with Crippen molar-refractivity contribution in [3.05, 3.63) is 30.3 Å². The van der Waals surface area contributed by atoms with Gasteiger partial charge < -0.3 is 10.4 Å². The van der Waals surface area contributed by atoms with Gasteiger partial charge in [0.15, 0.2) is 0 Å². The van der Waals surface area contributed by atoms with Crippen molar-refractivity contribution in [3.8, 4) is 0 Å². The standard InChI is InChI=1S/C16H24N2O2/c1-13(19)12-15-8-5-10-18(15)11-9-16(20)17-14-6-3-2-4-7-14/h2-4,6-7,13,15,19H,5,8-12H2,1H3,(H,17,20). The van der Waals surface area contributed by atoms with Crippen molar-refractivity contribution in [2.75, 3.05) is 18.4 Å². The van der Waals surface area contributed by atoms with Gasteiger partial charge >= 0.3 is 0 Å². The molecule has 2 N–H and O–H groups in total. The predicted molar refractivity (Wildman–Crippen MR) is 80.6 cm³/mol. The summed E-state index contributed by atoms with van der Waals surface area (Å²) in [6.45, 7) is 3.64. The Labute approximate surface area is 120 Å². The summed E-state index contributed by atoms with van der Waals surface area (Å²) in [6, 6.07) is 9.97. The number of para-hydroxylation sites is 1. The third kappa shape index (κ3) is 4.62. The Morgan fingerprint density at radius 1 is 1.45 bits per heavy atom. The average Bonchev–Trinajstić information content (AvgIpc) is 2.84. The number of rotatable bonds is 6.